The first-order valence-corrected chi connectivity index (χ1v) is 7.75. The highest BCUT2D eigenvalue weighted by Crippen LogP contribution is 2.19. The molecule has 0 spiro atoms. The Bertz CT molecular complexity index is 640. The number of nitrogens with one attached hydrogen (secondary N) is 1. The van der Waals surface area contributed by atoms with Crippen molar-refractivity contribution >= 4 is 5.91 Å². The summed E-state index contributed by atoms with van der Waals surface area (Å²) in [5, 5.41) is 12.3. The number of ether oxygens (including phenoxy) is 1. The third kappa shape index (κ3) is 5.11. The Morgan fingerprint density at radius 3 is 2.61 bits per heavy atom. The summed E-state index contributed by atoms with van der Waals surface area (Å²) >= 11 is 0. The lowest BCUT2D eigenvalue weighted by Gasteiger charge is -2.17. The maximum Gasteiger partial charge on any atom is 0.223 e. The number of aliphatic hydroxyl groups is 1. The average molecular weight is 313 g/mol. The molecule has 0 heterocycles. The van der Waals surface area contributed by atoms with Crippen LogP contribution in [0.5, 0.6) is 5.75 Å². The molecule has 4 nitrogen and oxygen atoms in total. The molecule has 0 aromatic heterocycles. The van der Waals surface area contributed by atoms with Gasteiger partial charge in [-0.05, 0) is 36.6 Å². The van der Waals surface area contributed by atoms with Crippen molar-refractivity contribution in [3.8, 4) is 5.75 Å². The van der Waals surface area contributed by atoms with Crippen LogP contribution in [0.25, 0.3) is 0 Å². The smallest absolute Gasteiger partial charge is 0.223 e. The van der Waals surface area contributed by atoms with Gasteiger partial charge in [-0.25, -0.2) is 0 Å². The molecule has 0 bridgehead atoms. The Morgan fingerprint density at radius 1 is 1.17 bits per heavy atom. The van der Waals surface area contributed by atoms with E-state index in [1.54, 1.807) is 0 Å². The first-order chi connectivity index (χ1) is 11.1. The van der Waals surface area contributed by atoms with Crippen LogP contribution in [0.2, 0.25) is 0 Å². The fraction of sp³-hybridized carbons (Fsp3) is 0.316. The van der Waals surface area contributed by atoms with Gasteiger partial charge in [0.05, 0.1) is 25.7 Å². The Hall–Kier alpha value is -2.33. The SMILES string of the molecule is Cc1ccc(C)c(OCCC(=O)NC(CO)c2ccccc2)c1. The highest BCUT2D eigenvalue weighted by atomic mass is 16.5. The largest absolute Gasteiger partial charge is 0.493 e. The van der Waals surface area contributed by atoms with Crippen LogP contribution in [0.4, 0.5) is 0 Å². The molecule has 0 saturated carbocycles. The second-order valence-electron chi connectivity index (χ2n) is 5.58. The molecule has 1 atom stereocenters. The number of benzene rings is 2. The molecule has 0 fully saturated rings. The van der Waals surface area contributed by atoms with Gasteiger partial charge in [0.25, 0.3) is 0 Å². The summed E-state index contributed by atoms with van der Waals surface area (Å²) in [6, 6.07) is 15.0. The summed E-state index contributed by atoms with van der Waals surface area (Å²) in [6.45, 7) is 4.16. The van der Waals surface area contributed by atoms with Gasteiger partial charge in [0.2, 0.25) is 5.91 Å². The Balaban J connectivity index is 1.84. The number of amides is 1. The molecule has 0 radical (unpaired) electrons. The predicted molar refractivity (Wildman–Crippen MR) is 90.4 cm³/mol. The number of carbonyl (C=O) groups excluding carboxylic acids is 1. The Morgan fingerprint density at radius 2 is 1.91 bits per heavy atom. The van der Waals surface area contributed by atoms with Gasteiger partial charge in [-0.2, -0.15) is 0 Å². The molecule has 0 aliphatic rings. The molecule has 1 amide bonds. The number of aryl methyl sites for hydroxylation is 2. The molecular formula is C19H23NO3. The van der Waals surface area contributed by atoms with Crippen LogP contribution in [0, 0.1) is 13.8 Å². The van der Waals surface area contributed by atoms with Crippen LogP contribution in [0.15, 0.2) is 48.5 Å². The van der Waals surface area contributed by atoms with Gasteiger partial charge in [0.1, 0.15) is 5.75 Å². The van der Waals surface area contributed by atoms with E-state index in [2.05, 4.69) is 5.32 Å². The minimum absolute atomic E-state index is 0.131. The maximum atomic E-state index is 12.0. The molecule has 2 aromatic rings. The molecule has 1 unspecified atom stereocenters. The molecule has 4 heteroatoms. The molecule has 2 rings (SSSR count). The minimum atomic E-state index is -0.385. The van der Waals surface area contributed by atoms with Gasteiger partial charge >= 0.3 is 0 Å². The maximum absolute atomic E-state index is 12.0. The van der Waals surface area contributed by atoms with E-state index in [-0.39, 0.29) is 25.0 Å². The lowest BCUT2D eigenvalue weighted by molar-refractivity contribution is -0.122. The van der Waals surface area contributed by atoms with Gasteiger partial charge in [0, 0.05) is 0 Å². The Labute approximate surface area is 137 Å². The zero-order valence-corrected chi connectivity index (χ0v) is 13.6. The summed E-state index contributed by atoms with van der Waals surface area (Å²) in [5.41, 5.74) is 3.06. The zero-order valence-electron chi connectivity index (χ0n) is 13.6. The van der Waals surface area contributed by atoms with E-state index in [4.69, 9.17) is 4.74 Å². The van der Waals surface area contributed by atoms with Gasteiger partial charge in [-0.15, -0.1) is 0 Å². The molecular weight excluding hydrogens is 290 g/mol. The fourth-order valence-electron chi connectivity index (χ4n) is 2.30. The van der Waals surface area contributed by atoms with E-state index >= 15 is 0 Å². The summed E-state index contributed by atoms with van der Waals surface area (Å²) in [5.74, 6) is 0.665. The number of rotatable bonds is 7. The molecule has 2 aromatic carbocycles. The van der Waals surface area contributed by atoms with E-state index in [1.165, 1.54) is 0 Å². The number of hydrogen-bond acceptors (Lipinski definition) is 3. The van der Waals surface area contributed by atoms with Crippen molar-refractivity contribution in [3.63, 3.8) is 0 Å². The van der Waals surface area contributed by atoms with Crippen LogP contribution in [-0.2, 0) is 4.79 Å². The van der Waals surface area contributed by atoms with Crippen LogP contribution in [-0.4, -0.2) is 24.2 Å². The lowest BCUT2D eigenvalue weighted by atomic mass is 10.1. The van der Waals surface area contributed by atoms with Gasteiger partial charge in [-0.3, -0.25) is 4.79 Å². The summed E-state index contributed by atoms with van der Waals surface area (Å²) in [6.07, 6.45) is 0.247. The van der Waals surface area contributed by atoms with Crippen molar-refractivity contribution in [2.45, 2.75) is 26.3 Å². The van der Waals surface area contributed by atoms with E-state index < -0.39 is 0 Å². The predicted octanol–water partition coefficient (Wildman–Crippen LogP) is 2.92. The van der Waals surface area contributed by atoms with Crippen LogP contribution in [0.3, 0.4) is 0 Å². The quantitative estimate of drug-likeness (QED) is 0.826. The first-order valence-electron chi connectivity index (χ1n) is 7.75. The standard InChI is InChI=1S/C19H23NO3/c1-14-8-9-15(2)18(12-14)23-11-10-19(22)20-17(13-21)16-6-4-3-5-7-16/h3-9,12,17,21H,10-11,13H2,1-2H3,(H,20,22). The van der Waals surface area contributed by atoms with Crippen molar-refractivity contribution in [1.82, 2.24) is 5.32 Å². The highest BCUT2D eigenvalue weighted by molar-refractivity contribution is 5.76. The highest BCUT2D eigenvalue weighted by Gasteiger charge is 2.13. The molecule has 0 aliphatic heterocycles. The summed E-state index contributed by atoms with van der Waals surface area (Å²) in [4.78, 5) is 12.0. The van der Waals surface area contributed by atoms with E-state index in [1.807, 2.05) is 62.4 Å². The van der Waals surface area contributed by atoms with Gasteiger partial charge < -0.3 is 15.2 Å². The van der Waals surface area contributed by atoms with Crippen molar-refractivity contribution in [2.75, 3.05) is 13.2 Å². The van der Waals surface area contributed by atoms with Crippen molar-refractivity contribution in [2.24, 2.45) is 0 Å². The van der Waals surface area contributed by atoms with Crippen LogP contribution < -0.4 is 10.1 Å². The van der Waals surface area contributed by atoms with Crippen molar-refractivity contribution in [3.05, 3.63) is 65.2 Å². The fourth-order valence-corrected chi connectivity index (χ4v) is 2.30. The second kappa shape index (κ2) is 8.34. The van der Waals surface area contributed by atoms with Crippen molar-refractivity contribution < 1.29 is 14.6 Å². The monoisotopic (exact) mass is 313 g/mol. The summed E-state index contributed by atoms with van der Waals surface area (Å²) in [7, 11) is 0. The lowest BCUT2D eigenvalue weighted by Crippen LogP contribution is -2.31. The first kappa shape index (κ1) is 17.0. The number of aliphatic hydroxyl groups excluding tert-OH is 1. The van der Waals surface area contributed by atoms with Gasteiger partial charge in [0.15, 0.2) is 0 Å². The van der Waals surface area contributed by atoms with E-state index in [0.29, 0.717) is 6.61 Å². The molecule has 2 N–H and O–H groups in total. The molecule has 0 saturated heterocycles. The topological polar surface area (TPSA) is 58.6 Å². The van der Waals surface area contributed by atoms with E-state index in [9.17, 15) is 9.90 Å². The summed E-state index contributed by atoms with van der Waals surface area (Å²) < 4.78 is 5.69. The molecule has 122 valence electrons. The van der Waals surface area contributed by atoms with Crippen LogP contribution in [0.1, 0.15) is 29.2 Å². The molecule has 23 heavy (non-hydrogen) atoms. The molecule has 0 aliphatic carbocycles. The zero-order chi connectivity index (χ0) is 16.7. The van der Waals surface area contributed by atoms with E-state index in [0.717, 1.165) is 22.4 Å². The normalized spacial score (nSPS) is 11.8. The Kier molecular flexibility index (Phi) is 6.18. The second-order valence-corrected chi connectivity index (χ2v) is 5.58. The van der Waals surface area contributed by atoms with Gasteiger partial charge in [-0.1, -0.05) is 42.5 Å². The third-order valence-corrected chi connectivity index (χ3v) is 3.65. The number of hydrogen-bond donors (Lipinski definition) is 2. The van der Waals surface area contributed by atoms with Crippen molar-refractivity contribution in [1.29, 1.82) is 0 Å². The average Bonchev–Trinajstić information content (AvgIpc) is 2.56. The third-order valence-electron chi connectivity index (χ3n) is 3.65. The van der Waals surface area contributed by atoms with Crippen LogP contribution >= 0.6 is 0 Å². The number of carbonyl (C=O) groups is 1. The minimum Gasteiger partial charge on any atom is -0.493 e.